The summed E-state index contributed by atoms with van der Waals surface area (Å²) >= 11 is 3.27. The number of sulfonamides is 1. The fraction of sp³-hybridized carbons (Fsp3) is 0.111. The van der Waals surface area contributed by atoms with Crippen molar-refractivity contribution >= 4 is 55.1 Å². The van der Waals surface area contributed by atoms with E-state index in [0.717, 1.165) is 12.5 Å². The molecule has 0 saturated carbocycles. The molecule has 28 heavy (non-hydrogen) atoms. The van der Waals surface area contributed by atoms with Gasteiger partial charge in [-0.3, -0.25) is 14.5 Å². The van der Waals surface area contributed by atoms with Crippen molar-refractivity contribution in [2.45, 2.75) is 6.61 Å². The van der Waals surface area contributed by atoms with Crippen LogP contribution in [0.3, 0.4) is 0 Å². The Bertz CT molecular complexity index is 1040. The number of rotatable bonds is 7. The number of carbonyl (C=O) groups excluding carboxylic acids is 1. The SMILES string of the molecule is CS(=O)(=O)Nc1cc(Br)cc(NC(=O)/C(C=Nc2ccccc2CO)=C/N)c1. The van der Waals surface area contributed by atoms with Gasteiger partial charge in [-0.1, -0.05) is 34.1 Å². The third-order valence-electron chi connectivity index (χ3n) is 3.41. The van der Waals surface area contributed by atoms with Gasteiger partial charge in [-0.25, -0.2) is 8.42 Å². The number of aliphatic hydroxyl groups excluding tert-OH is 1. The normalized spacial score (nSPS) is 12.2. The molecule has 0 radical (unpaired) electrons. The molecule has 148 valence electrons. The zero-order valence-corrected chi connectivity index (χ0v) is 17.3. The fourth-order valence-electron chi connectivity index (χ4n) is 2.22. The highest BCUT2D eigenvalue weighted by molar-refractivity contribution is 9.10. The van der Waals surface area contributed by atoms with Crippen LogP contribution in [0.15, 0.2) is 63.7 Å². The van der Waals surface area contributed by atoms with Gasteiger partial charge in [0.2, 0.25) is 10.0 Å². The van der Waals surface area contributed by atoms with Crippen LogP contribution in [-0.4, -0.2) is 31.9 Å². The van der Waals surface area contributed by atoms with E-state index in [-0.39, 0.29) is 17.9 Å². The largest absolute Gasteiger partial charge is 0.404 e. The zero-order valence-electron chi connectivity index (χ0n) is 14.9. The minimum Gasteiger partial charge on any atom is -0.404 e. The van der Waals surface area contributed by atoms with Gasteiger partial charge in [0.05, 0.1) is 29.8 Å². The van der Waals surface area contributed by atoms with E-state index in [0.29, 0.717) is 21.4 Å². The van der Waals surface area contributed by atoms with E-state index in [2.05, 4.69) is 31.0 Å². The molecule has 1 amide bonds. The second kappa shape index (κ2) is 9.49. The van der Waals surface area contributed by atoms with Gasteiger partial charge in [0.1, 0.15) is 0 Å². The molecule has 0 fully saturated rings. The van der Waals surface area contributed by atoms with Crippen molar-refractivity contribution in [1.29, 1.82) is 0 Å². The Morgan fingerprint density at radius 3 is 2.57 bits per heavy atom. The van der Waals surface area contributed by atoms with E-state index in [9.17, 15) is 18.3 Å². The standard InChI is InChI=1S/C18H19BrN4O4S/c1-28(26,27)23-16-7-14(19)6-15(8-16)22-18(25)13(9-20)10-21-17-5-3-2-4-12(17)11-24/h2-10,23-24H,11,20H2,1H3,(H,22,25)/b13-9+,21-10?. The van der Waals surface area contributed by atoms with Crippen molar-refractivity contribution in [2.24, 2.45) is 10.7 Å². The average molecular weight is 467 g/mol. The fourth-order valence-corrected chi connectivity index (χ4v) is 3.26. The van der Waals surface area contributed by atoms with Crippen LogP contribution in [-0.2, 0) is 21.4 Å². The van der Waals surface area contributed by atoms with Crippen LogP contribution in [0.4, 0.5) is 17.1 Å². The van der Waals surface area contributed by atoms with Crippen LogP contribution >= 0.6 is 15.9 Å². The highest BCUT2D eigenvalue weighted by Crippen LogP contribution is 2.24. The lowest BCUT2D eigenvalue weighted by atomic mass is 10.2. The summed E-state index contributed by atoms with van der Waals surface area (Å²) < 4.78 is 25.7. The summed E-state index contributed by atoms with van der Waals surface area (Å²) in [7, 11) is -3.46. The van der Waals surface area contributed by atoms with E-state index in [1.165, 1.54) is 12.3 Å². The number of hydrogen-bond acceptors (Lipinski definition) is 6. The first-order chi connectivity index (χ1) is 13.2. The highest BCUT2D eigenvalue weighted by Gasteiger charge is 2.10. The topological polar surface area (TPSA) is 134 Å². The molecule has 0 aliphatic heterocycles. The Labute approximate surface area is 171 Å². The number of hydrogen-bond donors (Lipinski definition) is 4. The first-order valence-electron chi connectivity index (χ1n) is 7.96. The molecule has 0 spiro atoms. The Morgan fingerprint density at radius 1 is 1.25 bits per heavy atom. The van der Waals surface area contributed by atoms with E-state index < -0.39 is 15.9 Å². The van der Waals surface area contributed by atoms with Gasteiger partial charge in [0.15, 0.2) is 0 Å². The van der Waals surface area contributed by atoms with Crippen molar-refractivity contribution in [3.8, 4) is 0 Å². The Balaban J connectivity index is 2.19. The Kier molecular flexibility index (Phi) is 7.32. The van der Waals surface area contributed by atoms with Gasteiger partial charge >= 0.3 is 0 Å². The average Bonchev–Trinajstić information content (AvgIpc) is 2.60. The molecule has 0 unspecified atom stereocenters. The molecule has 0 aromatic heterocycles. The summed E-state index contributed by atoms with van der Waals surface area (Å²) in [5, 5.41) is 12.0. The first kappa shape index (κ1) is 21.6. The number of nitrogens with one attached hydrogen (secondary N) is 2. The Morgan fingerprint density at radius 2 is 1.93 bits per heavy atom. The molecule has 0 aliphatic rings. The number of amides is 1. The molecule has 0 aliphatic carbocycles. The molecule has 2 aromatic carbocycles. The lowest BCUT2D eigenvalue weighted by Gasteiger charge is -2.10. The number of aliphatic imine (C=N–C) groups is 1. The molecular weight excluding hydrogens is 448 g/mol. The maximum absolute atomic E-state index is 12.5. The number of benzene rings is 2. The van der Waals surface area contributed by atoms with Gasteiger partial charge in [-0.05, 0) is 24.3 Å². The van der Waals surface area contributed by atoms with Crippen molar-refractivity contribution in [2.75, 3.05) is 16.3 Å². The third-order valence-corrected chi connectivity index (χ3v) is 4.47. The molecule has 0 bridgehead atoms. The molecule has 8 nitrogen and oxygen atoms in total. The number of anilines is 2. The monoisotopic (exact) mass is 466 g/mol. The van der Waals surface area contributed by atoms with Crippen LogP contribution in [0.25, 0.3) is 0 Å². The van der Waals surface area contributed by atoms with Gasteiger partial charge in [-0.15, -0.1) is 0 Å². The molecule has 0 atom stereocenters. The maximum atomic E-state index is 12.5. The lowest BCUT2D eigenvalue weighted by Crippen LogP contribution is -2.17. The second-order valence-electron chi connectivity index (χ2n) is 5.72. The zero-order chi connectivity index (χ0) is 20.7. The van der Waals surface area contributed by atoms with Gasteiger partial charge in [0.25, 0.3) is 5.91 Å². The van der Waals surface area contributed by atoms with Gasteiger partial charge in [0, 0.05) is 28.1 Å². The number of nitrogens with zero attached hydrogens (tertiary/aromatic N) is 1. The van der Waals surface area contributed by atoms with Crippen LogP contribution in [0.2, 0.25) is 0 Å². The summed E-state index contributed by atoms with van der Waals surface area (Å²) in [4.78, 5) is 16.7. The lowest BCUT2D eigenvalue weighted by molar-refractivity contribution is -0.112. The number of carbonyl (C=O) groups is 1. The number of aliphatic hydroxyl groups is 1. The molecule has 0 heterocycles. The second-order valence-corrected chi connectivity index (χ2v) is 8.39. The predicted octanol–water partition coefficient (Wildman–Crippen LogP) is 2.50. The molecule has 2 aromatic rings. The van der Waals surface area contributed by atoms with Crippen LogP contribution < -0.4 is 15.8 Å². The molecule has 0 saturated heterocycles. The summed E-state index contributed by atoms with van der Waals surface area (Å²) in [5.41, 5.74) is 7.40. The van der Waals surface area contributed by atoms with E-state index in [1.807, 2.05) is 0 Å². The minimum absolute atomic E-state index is 0.0883. The molecule has 5 N–H and O–H groups in total. The smallest absolute Gasteiger partial charge is 0.258 e. The molecule has 10 heteroatoms. The van der Waals surface area contributed by atoms with Crippen molar-refractivity contribution in [3.05, 3.63) is 64.3 Å². The summed E-state index contributed by atoms with van der Waals surface area (Å²) in [6, 6.07) is 11.6. The highest BCUT2D eigenvalue weighted by atomic mass is 79.9. The predicted molar refractivity (Wildman–Crippen MR) is 114 cm³/mol. The summed E-state index contributed by atoms with van der Waals surface area (Å²) in [6.45, 7) is -0.185. The van der Waals surface area contributed by atoms with Gasteiger partial charge in [-0.2, -0.15) is 0 Å². The quantitative estimate of drug-likeness (QED) is 0.367. The Hall–Kier alpha value is -2.69. The maximum Gasteiger partial charge on any atom is 0.258 e. The van der Waals surface area contributed by atoms with E-state index in [1.54, 1.807) is 36.4 Å². The first-order valence-corrected chi connectivity index (χ1v) is 10.6. The van der Waals surface area contributed by atoms with Gasteiger partial charge < -0.3 is 16.2 Å². The molecule has 2 rings (SSSR count). The van der Waals surface area contributed by atoms with Crippen LogP contribution in [0.1, 0.15) is 5.56 Å². The summed E-state index contributed by atoms with van der Waals surface area (Å²) in [5.74, 6) is -0.531. The number of halogens is 1. The third kappa shape index (κ3) is 6.48. The number of para-hydroxylation sites is 1. The number of nitrogens with two attached hydrogens (primary N) is 1. The summed E-state index contributed by atoms with van der Waals surface area (Å²) in [6.07, 6.45) is 3.42. The van der Waals surface area contributed by atoms with Crippen molar-refractivity contribution < 1.29 is 18.3 Å². The van der Waals surface area contributed by atoms with E-state index >= 15 is 0 Å². The minimum atomic E-state index is -3.46. The van der Waals surface area contributed by atoms with Crippen molar-refractivity contribution in [3.63, 3.8) is 0 Å². The molecular formula is C18H19BrN4O4S. The van der Waals surface area contributed by atoms with Crippen LogP contribution in [0, 0.1) is 0 Å². The van der Waals surface area contributed by atoms with Crippen molar-refractivity contribution in [1.82, 2.24) is 0 Å². The van der Waals surface area contributed by atoms with Crippen LogP contribution in [0.5, 0.6) is 0 Å². The van der Waals surface area contributed by atoms with E-state index in [4.69, 9.17) is 5.73 Å².